The Morgan fingerprint density at radius 3 is 2.61 bits per heavy atom. The van der Waals surface area contributed by atoms with Gasteiger partial charge in [-0.25, -0.2) is 4.98 Å². The standard InChI is InChI=1S/C21H22N4O2S/c26-19(14-9-10-14)22-11-12-23-20(27)16-6-2-1-5-15(16)13-28-21-24-17-7-3-4-8-18(17)25-21/h1-8,14H,9-13H2,(H,22,26)(H,23,27)(H,24,25). The van der Waals surface area contributed by atoms with Crippen LogP contribution < -0.4 is 10.6 Å². The SMILES string of the molecule is O=C(NCCNC(=O)C1CC1)c1ccccc1CSc1nc2ccccc2[nH]1. The van der Waals surface area contributed by atoms with Gasteiger partial charge in [0.2, 0.25) is 5.91 Å². The van der Waals surface area contributed by atoms with Gasteiger partial charge in [0.25, 0.3) is 5.91 Å². The fourth-order valence-electron chi connectivity index (χ4n) is 2.96. The van der Waals surface area contributed by atoms with Gasteiger partial charge in [0, 0.05) is 30.3 Å². The number of imidazole rings is 1. The third kappa shape index (κ3) is 4.54. The molecule has 0 unspecified atom stereocenters. The summed E-state index contributed by atoms with van der Waals surface area (Å²) in [5.74, 6) is 0.798. The van der Waals surface area contributed by atoms with Gasteiger partial charge in [-0.1, -0.05) is 42.1 Å². The van der Waals surface area contributed by atoms with Crippen LogP contribution >= 0.6 is 11.8 Å². The van der Waals surface area contributed by atoms with Gasteiger partial charge in [-0.2, -0.15) is 0 Å². The quantitative estimate of drug-likeness (QED) is 0.405. The van der Waals surface area contributed by atoms with Crippen molar-refractivity contribution in [2.45, 2.75) is 23.8 Å². The molecule has 0 aliphatic heterocycles. The zero-order valence-corrected chi connectivity index (χ0v) is 16.2. The average Bonchev–Trinajstić information content (AvgIpc) is 3.49. The van der Waals surface area contributed by atoms with Crippen LogP contribution in [-0.4, -0.2) is 34.9 Å². The smallest absolute Gasteiger partial charge is 0.251 e. The number of nitrogens with one attached hydrogen (secondary N) is 3. The Morgan fingerprint density at radius 2 is 1.79 bits per heavy atom. The van der Waals surface area contributed by atoms with Crippen molar-refractivity contribution in [3.8, 4) is 0 Å². The van der Waals surface area contributed by atoms with Gasteiger partial charge in [-0.15, -0.1) is 0 Å². The number of hydrogen-bond acceptors (Lipinski definition) is 4. The van der Waals surface area contributed by atoms with E-state index < -0.39 is 0 Å². The van der Waals surface area contributed by atoms with E-state index in [4.69, 9.17) is 0 Å². The summed E-state index contributed by atoms with van der Waals surface area (Å²) < 4.78 is 0. The van der Waals surface area contributed by atoms with Crippen molar-refractivity contribution in [3.05, 3.63) is 59.7 Å². The van der Waals surface area contributed by atoms with Crippen LogP contribution in [0.1, 0.15) is 28.8 Å². The second kappa shape index (κ2) is 8.48. The zero-order chi connectivity index (χ0) is 19.3. The Bertz CT molecular complexity index is 964. The summed E-state index contributed by atoms with van der Waals surface area (Å²) in [6.45, 7) is 0.874. The number of carbonyl (C=O) groups is 2. The van der Waals surface area contributed by atoms with Crippen LogP contribution in [0.3, 0.4) is 0 Å². The number of aromatic amines is 1. The van der Waals surface area contributed by atoms with Crippen LogP contribution in [0.5, 0.6) is 0 Å². The number of thioether (sulfide) groups is 1. The summed E-state index contributed by atoms with van der Waals surface area (Å²) in [4.78, 5) is 32.0. The van der Waals surface area contributed by atoms with E-state index in [-0.39, 0.29) is 17.7 Å². The largest absolute Gasteiger partial charge is 0.354 e. The van der Waals surface area contributed by atoms with E-state index in [0.717, 1.165) is 34.6 Å². The summed E-state index contributed by atoms with van der Waals surface area (Å²) in [6, 6.07) is 15.5. The number of H-pyrrole nitrogens is 1. The number of aromatic nitrogens is 2. The average molecular weight is 395 g/mol. The molecule has 0 saturated heterocycles. The highest BCUT2D eigenvalue weighted by Crippen LogP contribution is 2.28. The first kappa shape index (κ1) is 18.6. The normalized spacial score (nSPS) is 13.4. The van der Waals surface area contributed by atoms with E-state index in [1.54, 1.807) is 11.8 Å². The molecule has 1 aliphatic carbocycles. The number of fused-ring (bicyclic) bond motifs is 1. The lowest BCUT2D eigenvalue weighted by Gasteiger charge is -2.10. The van der Waals surface area contributed by atoms with E-state index in [9.17, 15) is 9.59 Å². The predicted octanol–water partition coefficient (Wildman–Crippen LogP) is 3.11. The lowest BCUT2D eigenvalue weighted by Crippen LogP contribution is -2.35. The van der Waals surface area contributed by atoms with Crippen molar-refractivity contribution in [1.82, 2.24) is 20.6 Å². The van der Waals surface area contributed by atoms with Gasteiger partial charge in [-0.05, 0) is 36.6 Å². The van der Waals surface area contributed by atoms with Gasteiger partial charge in [0.05, 0.1) is 11.0 Å². The molecule has 2 aromatic carbocycles. The number of amides is 2. The highest BCUT2D eigenvalue weighted by molar-refractivity contribution is 7.98. The Kier molecular flexibility index (Phi) is 5.62. The maximum absolute atomic E-state index is 12.6. The van der Waals surface area contributed by atoms with E-state index in [1.165, 1.54) is 0 Å². The Labute approximate surface area is 167 Å². The van der Waals surface area contributed by atoms with Crippen molar-refractivity contribution >= 4 is 34.6 Å². The van der Waals surface area contributed by atoms with Gasteiger partial charge < -0.3 is 15.6 Å². The van der Waals surface area contributed by atoms with Crippen LogP contribution in [-0.2, 0) is 10.5 Å². The van der Waals surface area contributed by atoms with E-state index in [2.05, 4.69) is 20.6 Å². The minimum Gasteiger partial charge on any atom is -0.354 e. The third-order valence-corrected chi connectivity index (χ3v) is 5.57. The summed E-state index contributed by atoms with van der Waals surface area (Å²) in [5, 5.41) is 6.58. The molecule has 1 heterocycles. The summed E-state index contributed by atoms with van der Waals surface area (Å²) in [7, 11) is 0. The van der Waals surface area contributed by atoms with Gasteiger partial charge in [0.15, 0.2) is 5.16 Å². The van der Waals surface area contributed by atoms with Crippen LogP contribution in [0.15, 0.2) is 53.7 Å². The van der Waals surface area contributed by atoms with Crippen LogP contribution in [0.4, 0.5) is 0 Å². The molecular weight excluding hydrogens is 372 g/mol. The van der Waals surface area contributed by atoms with Crippen LogP contribution in [0.25, 0.3) is 11.0 Å². The Hall–Kier alpha value is -2.80. The number of hydrogen-bond donors (Lipinski definition) is 3. The molecule has 1 aliphatic rings. The fraction of sp³-hybridized carbons (Fsp3) is 0.286. The molecule has 0 bridgehead atoms. The molecule has 28 heavy (non-hydrogen) atoms. The molecule has 3 aromatic rings. The van der Waals surface area contributed by atoms with Gasteiger partial charge >= 0.3 is 0 Å². The molecule has 0 radical (unpaired) electrons. The maximum Gasteiger partial charge on any atom is 0.251 e. The molecule has 1 saturated carbocycles. The number of para-hydroxylation sites is 2. The Balaban J connectivity index is 1.33. The number of rotatable bonds is 8. The monoisotopic (exact) mass is 394 g/mol. The molecule has 3 N–H and O–H groups in total. The first-order valence-electron chi connectivity index (χ1n) is 9.42. The third-order valence-electron chi connectivity index (χ3n) is 4.65. The highest BCUT2D eigenvalue weighted by Gasteiger charge is 2.29. The molecular formula is C21H22N4O2S. The summed E-state index contributed by atoms with van der Waals surface area (Å²) >= 11 is 1.57. The predicted molar refractivity (Wildman–Crippen MR) is 110 cm³/mol. The summed E-state index contributed by atoms with van der Waals surface area (Å²) in [5.41, 5.74) is 3.54. The van der Waals surface area contributed by atoms with Crippen molar-refractivity contribution in [2.24, 2.45) is 5.92 Å². The van der Waals surface area contributed by atoms with E-state index >= 15 is 0 Å². The molecule has 0 spiro atoms. The highest BCUT2D eigenvalue weighted by atomic mass is 32.2. The fourth-order valence-corrected chi connectivity index (χ4v) is 3.85. The molecule has 1 fully saturated rings. The Morgan fingerprint density at radius 1 is 1.04 bits per heavy atom. The number of nitrogens with zero attached hydrogens (tertiary/aromatic N) is 1. The van der Waals surface area contributed by atoms with Crippen molar-refractivity contribution in [2.75, 3.05) is 13.1 Å². The lowest BCUT2D eigenvalue weighted by molar-refractivity contribution is -0.122. The number of carbonyl (C=O) groups excluding carboxylic acids is 2. The molecule has 144 valence electrons. The molecule has 4 rings (SSSR count). The molecule has 0 atom stereocenters. The molecule has 7 heteroatoms. The molecule has 2 amide bonds. The van der Waals surface area contributed by atoms with Gasteiger partial charge in [0.1, 0.15) is 0 Å². The zero-order valence-electron chi connectivity index (χ0n) is 15.4. The van der Waals surface area contributed by atoms with Gasteiger partial charge in [-0.3, -0.25) is 9.59 Å². The second-order valence-electron chi connectivity index (χ2n) is 6.83. The minimum absolute atomic E-state index is 0.0943. The van der Waals surface area contributed by atoms with Crippen LogP contribution in [0, 0.1) is 5.92 Å². The van der Waals surface area contributed by atoms with Crippen LogP contribution in [0.2, 0.25) is 0 Å². The van der Waals surface area contributed by atoms with E-state index in [0.29, 0.717) is 24.4 Å². The van der Waals surface area contributed by atoms with Crippen molar-refractivity contribution in [3.63, 3.8) is 0 Å². The molecule has 6 nitrogen and oxygen atoms in total. The first-order chi connectivity index (χ1) is 13.7. The topological polar surface area (TPSA) is 86.9 Å². The van der Waals surface area contributed by atoms with Crippen molar-refractivity contribution in [1.29, 1.82) is 0 Å². The van der Waals surface area contributed by atoms with Crippen molar-refractivity contribution < 1.29 is 9.59 Å². The lowest BCUT2D eigenvalue weighted by atomic mass is 10.1. The number of benzene rings is 2. The summed E-state index contributed by atoms with van der Waals surface area (Å²) in [6.07, 6.45) is 1.96. The van der Waals surface area contributed by atoms with E-state index in [1.807, 2.05) is 48.5 Å². The first-order valence-corrected chi connectivity index (χ1v) is 10.4. The maximum atomic E-state index is 12.6. The second-order valence-corrected chi connectivity index (χ2v) is 7.79. The molecule has 1 aromatic heterocycles. The minimum atomic E-state index is -0.124.